The van der Waals surface area contributed by atoms with Crippen LogP contribution in [0.15, 0.2) is 15.8 Å². The molecule has 0 atom stereocenters. The summed E-state index contributed by atoms with van der Waals surface area (Å²) in [5.74, 6) is -1.52. The molecule has 8 heteroatoms. The second-order valence-corrected chi connectivity index (χ2v) is 1.98. The first-order chi connectivity index (χ1) is 6.15. The van der Waals surface area contributed by atoms with E-state index < -0.39 is 11.7 Å². The van der Waals surface area contributed by atoms with Crippen LogP contribution in [0.4, 0.5) is 6.01 Å². The van der Waals surface area contributed by atoms with Crippen LogP contribution in [-0.2, 0) is 9.63 Å². The van der Waals surface area contributed by atoms with Crippen molar-refractivity contribution < 1.29 is 48.7 Å². The van der Waals surface area contributed by atoms with Crippen molar-refractivity contribution in [3.8, 4) is 0 Å². The fourth-order valence-electron chi connectivity index (χ4n) is 0.676. The largest absolute Gasteiger partial charge is 1.00 e. The van der Waals surface area contributed by atoms with Crippen molar-refractivity contribution in [2.24, 2.45) is 5.16 Å². The third kappa shape index (κ3) is 3.02. The molecule has 0 aliphatic carbocycles. The monoisotopic (exact) mass is 207 g/mol. The Kier molecular flexibility index (Phi) is 5.21. The number of rotatable bonds is 3. The molecule has 7 nitrogen and oxygen atoms in total. The van der Waals surface area contributed by atoms with Gasteiger partial charge < -0.3 is 24.9 Å². The summed E-state index contributed by atoms with van der Waals surface area (Å²) in [4.78, 5) is 18.3. The number of nitrogens with two attached hydrogens (primary N) is 1. The zero-order chi connectivity index (χ0) is 9.84. The zero-order valence-electron chi connectivity index (χ0n) is 7.68. The standard InChI is InChI=1S/C6H7N3O4.Na/c1-12-9-4(5(10)11)3-2-13-6(7)8-3;/h2H,1H3,(H2,7,8)(H,10,11);/q;+1/p-1. The summed E-state index contributed by atoms with van der Waals surface area (Å²) in [6.07, 6.45) is 1.04. The molecule has 1 rings (SSSR count). The van der Waals surface area contributed by atoms with E-state index in [0.29, 0.717) is 0 Å². The summed E-state index contributed by atoms with van der Waals surface area (Å²) in [7, 11) is 1.20. The number of hydrogen-bond acceptors (Lipinski definition) is 7. The average Bonchev–Trinajstić information content (AvgIpc) is 2.46. The summed E-state index contributed by atoms with van der Waals surface area (Å²) in [5, 5.41) is 13.6. The second-order valence-electron chi connectivity index (χ2n) is 1.98. The molecule has 0 aromatic carbocycles. The topological polar surface area (TPSA) is 114 Å². The van der Waals surface area contributed by atoms with Crippen molar-refractivity contribution in [1.82, 2.24) is 4.98 Å². The van der Waals surface area contributed by atoms with Gasteiger partial charge in [-0.3, -0.25) is 0 Å². The molecule has 0 aliphatic rings. The fourth-order valence-corrected chi connectivity index (χ4v) is 0.676. The van der Waals surface area contributed by atoms with E-state index in [4.69, 9.17) is 5.73 Å². The number of aliphatic carboxylic acids is 1. The molecule has 1 aromatic heterocycles. The van der Waals surface area contributed by atoms with Crippen molar-refractivity contribution in [3.63, 3.8) is 0 Å². The number of anilines is 1. The van der Waals surface area contributed by atoms with E-state index in [0.717, 1.165) is 6.26 Å². The predicted octanol–water partition coefficient (Wildman–Crippen LogP) is -4.64. The number of oxazole rings is 1. The van der Waals surface area contributed by atoms with Crippen molar-refractivity contribution in [3.05, 3.63) is 12.0 Å². The number of carbonyl (C=O) groups is 1. The van der Waals surface area contributed by atoms with Crippen LogP contribution in [-0.4, -0.2) is 23.8 Å². The SMILES string of the molecule is CON=C(C(=O)[O-])c1coc(N)n1.[Na+]. The summed E-state index contributed by atoms with van der Waals surface area (Å²) in [6, 6.07) is -0.153. The second kappa shape index (κ2) is 5.63. The first-order valence-electron chi connectivity index (χ1n) is 3.19. The Morgan fingerprint density at radius 3 is 2.79 bits per heavy atom. The van der Waals surface area contributed by atoms with Gasteiger partial charge >= 0.3 is 29.6 Å². The minimum absolute atomic E-state index is 0. The predicted molar refractivity (Wildman–Crippen MR) is 39.5 cm³/mol. The number of carboxylic acids is 1. The van der Waals surface area contributed by atoms with Crippen molar-refractivity contribution in [2.75, 3.05) is 12.8 Å². The van der Waals surface area contributed by atoms with Gasteiger partial charge in [-0.05, 0) is 0 Å². The van der Waals surface area contributed by atoms with Gasteiger partial charge in [-0.25, -0.2) is 0 Å². The van der Waals surface area contributed by atoms with Gasteiger partial charge in [-0.2, -0.15) is 4.98 Å². The van der Waals surface area contributed by atoms with Crippen LogP contribution < -0.4 is 40.4 Å². The third-order valence-corrected chi connectivity index (χ3v) is 1.14. The van der Waals surface area contributed by atoms with Gasteiger partial charge in [0.25, 0.3) is 6.01 Å². The molecule has 0 saturated heterocycles. The molecule has 2 N–H and O–H groups in total. The molecule has 0 saturated carbocycles. The Morgan fingerprint density at radius 1 is 1.79 bits per heavy atom. The fraction of sp³-hybridized carbons (Fsp3) is 0.167. The van der Waals surface area contributed by atoms with E-state index in [1.807, 2.05) is 0 Å². The Hall–Kier alpha value is -1.05. The van der Waals surface area contributed by atoms with E-state index in [9.17, 15) is 9.90 Å². The molecule has 0 amide bonds. The molecule has 1 heterocycles. The van der Waals surface area contributed by atoms with E-state index in [1.165, 1.54) is 7.11 Å². The van der Waals surface area contributed by atoms with Crippen LogP contribution in [0.1, 0.15) is 5.69 Å². The molecule has 0 fully saturated rings. The van der Waals surface area contributed by atoms with Crippen molar-refractivity contribution >= 4 is 17.7 Å². The molecule has 1 aromatic rings. The van der Waals surface area contributed by atoms with Crippen LogP contribution in [0.25, 0.3) is 0 Å². The van der Waals surface area contributed by atoms with Gasteiger partial charge in [0.05, 0.1) is 5.97 Å². The van der Waals surface area contributed by atoms with E-state index in [2.05, 4.69) is 19.4 Å². The van der Waals surface area contributed by atoms with Gasteiger partial charge in [0.1, 0.15) is 19.1 Å². The van der Waals surface area contributed by atoms with E-state index in [1.54, 1.807) is 0 Å². The number of aromatic nitrogens is 1. The molecule has 0 aliphatic heterocycles. The minimum atomic E-state index is -1.52. The summed E-state index contributed by atoms with van der Waals surface area (Å²) >= 11 is 0. The molecule has 70 valence electrons. The maximum atomic E-state index is 10.5. The van der Waals surface area contributed by atoms with Gasteiger partial charge in [-0.15, -0.1) is 0 Å². The number of nitrogen functional groups attached to an aromatic ring is 1. The number of carbonyl (C=O) groups excluding carboxylic acids is 1. The Balaban J connectivity index is 0.00000169. The van der Waals surface area contributed by atoms with Gasteiger partial charge in [0.15, 0.2) is 5.71 Å². The molecule has 0 radical (unpaired) electrons. The molecular formula is C6H6N3NaO4. The van der Waals surface area contributed by atoms with E-state index in [-0.39, 0.29) is 41.3 Å². The Bertz CT molecular complexity index is 349. The summed E-state index contributed by atoms with van der Waals surface area (Å²) < 4.78 is 4.58. The molecular weight excluding hydrogens is 201 g/mol. The zero-order valence-corrected chi connectivity index (χ0v) is 9.68. The van der Waals surface area contributed by atoms with Crippen LogP contribution >= 0.6 is 0 Å². The smallest absolute Gasteiger partial charge is 0.543 e. The quantitative estimate of drug-likeness (QED) is 0.303. The minimum Gasteiger partial charge on any atom is -0.543 e. The average molecular weight is 207 g/mol. The van der Waals surface area contributed by atoms with Crippen molar-refractivity contribution in [1.29, 1.82) is 0 Å². The third-order valence-electron chi connectivity index (χ3n) is 1.14. The summed E-state index contributed by atoms with van der Waals surface area (Å²) in [5.41, 5.74) is 4.61. The maximum Gasteiger partial charge on any atom is 1.00 e. The first-order valence-corrected chi connectivity index (χ1v) is 3.19. The van der Waals surface area contributed by atoms with Gasteiger partial charge in [-0.1, -0.05) is 5.16 Å². The number of oxime groups is 1. The molecule has 0 bridgehead atoms. The summed E-state index contributed by atoms with van der Waals surface area (Å²) in [6.45, 7) is 0. The Morgan fingerprint density at radius 2 is 2.43 bits per heavy atom. The van der Waals surface area contributed by atoms with Crippen LogP contribution in [0.5, 0.6) is 0 Å². The number of carboxylic acid groups (broad SMARTS) is 1. The van der Waals surface area contributed by atoms with E-state index >= 15 is 0 Å². The maximum absolute atomic E-state index is 10.5. The van der Waals surface area contributed by atoms with Crippen molar-refractivity contribution in [2.45, 2.75) is 0 Å². The first kappa shape index (κ1) is 12.9. The number of nitrogens with zero attached hydrogens (tertiary/aromatic N) is 2. The Labute approximate surface area is 101 Å². The van der Waals surface area contributed by atoms with Gasteiger partial charge in [0, 0.05) is 0 Å². The van der Waals surface area contributed by atoms with Crippen LogP contribution in [0.3, 0.4) is 0 Å². The van der Waals surface area contributed by atoms with Crippen LogP contribution in [0, 0.1) is 0 Å². The van der Waals surface area contributed by atoms with Gasteiger partial charge in [0.2, 0.25) is 0 Å². The number of hydrogen-bond donors (Lipinski definition) is 1. The molecule has 0 unspecified atom stereocenters. The molecule has 0 spiro atoms. The normalized spacial score (nSPS) is 10.5. The van der Waals surface area contributed by atoms with Crippen LogP contribution in [0.2, 0.25) is 0 Å². The molecule has 14 heavy (non-hydrogen) atoms.